The quantitative estimate of drug-likeness (QED) is 0.694. The molecular formula is C21H22N2O3. The minimum Gasteiger partial charge on any atom is -0.493 e. The van der Waals surface area contributed by atoms with E-state index in [1.165, 1.54) is 19.3 Å². The number of carbonyl (C=O) groups is 1. The summed E-state index contributed by atoms with van der Waals surface area (Å²) in [5, 5.41) is 7.33. The van der Waals surface area contributed by atoms with E-state index in [2.05, 4.69) is 10.6 Å². The maximum atomic E-state index is 12.6. The molecule has 4 rings (SSSR count). The van der Waals surface area contributed by atoms with E-state index in [0.717, 1.165) is 23.2 Å². The van der Waals surface area contributed by atoms with E-state index in [1.807, 2.05) is 42.5 Å². The van der Waals surface area contributed by atoms with Crippen molar-refractivity contribution in [1.29, 1.82) is 0 Å². The summed E-state index contributed by atoms with van der Waals surface area (Å²) < 4.78 is 11.3. The van der Waals surface area contributed by atoms with Crippen LogP contribution in [-0.4, -0.2) is 19.1 Å². The first-order valence-electron chi connectivity index (χ1n) is 8.94. The highest BCUT2D eigenvalue weighted by Gasteiger charge is 2.20. The van der Waals surface area contributed by atoms with Crippen molar-refractivity contribution in [3.8, 4) is 5.75 Å². The molecule has 0 unspecified atom stereocenters. The molecule has 0 spiro atoms. The van der Waals surface area contributed by atoms with Crippen molar-refractivity contribution in [2.45, 2.75) is 31.8 Å². The molecule has 26 heavy (non-hydrogen) atoms. The average Bonchev–Trinajstić information content (AvgIpc) is 3.07. The molecule has 0 atom stereocenters. The third-order valence-electron chi connectivity index (χ3n) is 4.90. The lowest BCUT2D eigenvalue weighted by Crippen LogP contribution is -2.34. The van der Waals surface area contributed by atoms with Gasteiger partial charge in [-0.15, -0.1) is 0 Å². The normalized spacial score (nSPS) is 14.2. The van der Waals surface area contributed by atoms with E-state index in [-0.39, 0.29) is 11.7 Å². The molecule has 1 fully saturated rings. The second-order valence-electron chi connectivity index (χ2n) is 6.61. The number of carbonyl (C=O) groups excluding carboxylic acids is 1. The van der Waals surface area contributed by atoms with E-state index >= 15 is 0 Å². The van der Waals surface area contributed by atoms with Crippen LogP contribution in [0.4, 0.5) is 5.69 Å². The second kappa shape index (κ2) is 7.22. The monoisotopic (exact) mass is 350 g/mol. The van der Waals surface area contributed by atoms with Crippen molar-refractivity contribution in [2.24, 2.45) is 0 Å². The standard InChI is InChI=1S/C21H22N2O3/c1-25-18-11-10-14(13-22-15-8-5-9-15)17-12-19(26-20(17)18)21(24)23-16-6-3-2-4-7-16/h2-4,6-7,10-12,15,22H,5,8-9,13H2,1H3,(H,23,24). The highest BCUT2D eigenvalue weighted by atomic mass is 16.5. The van der Waals surface area contributed by atoms with Crippen LogP contribution < -0.4 is 15.4 Å². The molecule has 134 valence electrons. The Balaban J connectivity index is 1.62. The van der Waals surface area contributed by atoms with Crippen LogP contribution in [0.25, 0.3) is 11.0 Å². The number of para-hydroxylation sites is 1. The lowest BCUT2D eigenvalue weighted by molar-refractivity contribution is 0.0998. The number of anilines is 1. The van der Waals surface area contributed by atoms with Crippen LogP contribution in [0.5, 0.6) is 5.75 Å². The first-order chi connectivity index (χ1) is 12.7. The highest BCUT2D eigenvalue weighted by molar-refractivity contribution is 6.05. The fraction of sp³-hybridized carbons (Fsp3) is 0.286. The summed E-state index contributed by atoms with van der Waals surface area (Å²) in [4.78, 5) is 12.6. The fourth-order valence-electron chi connectivity index (χ4n) is 3.16. The summed E-state index contributed by atoms with van der Waals surface area (Å²) in [7, 11) is 1.60. The van der Waals surface area contributed by atoms with E-state index in [4.69, 9.17) is 9.15 Å². The van der Waals surface area contributed by atoms with E-state index in [9.17, 15) is 4.79 Å². The van der Waals surface area contributed by atoms with Gasteiger partial charge < -0.3 is 19.8 Å². The van der Waals surface area contributed by atoms with Gasteiger partial charge in [0.1, 0.15) is 0 Å². The number of hydrogen-bond acceptors (Lipinski definition) is 4. The Kier molecular flexibility index (Phi) is 4.63. The molecule has 0 bridgehead atoms. The van der Waals surface area contributed by atoms with Gasteiger partial charge in [0.05, 0.1) is 7.11 Å². The van der Waals surface area contributed by atoms with E-state index < -0.39 is 0 Å². The smallest absolute Gasteiger partial charge is 0.291 e. The molecule has 0 radical (unpaired) electrons. The minimum absolute atomic E-state index is 0.271. The largest absolute Gasteiger partial charge is 0.493 e. The van der Waals surface area contributed by atoms with Crippen LogP contribution in [0.1, 0.15) is 35.4 Å². The molecule has 1 heterocycles. The van der Waals surface area contributed by atoms with E-state index in [1.54, 1.807) is 13.2 Å². The molecule has 1 aliphatic carbocycles. The summed E-state index contributed by atoms with van der Waals surface area (Å²) in [5.41, 5.74) is 2.45. The van der Waals surface area contributed by atoms with Crippen LogP contribution in [0.3, 0.4) is 0 Å². The van der Waals surface area contributed by atoms with Crippen LogP contribution >= 0.6 is 0 Å². The van der Waals surface area contributed by atoms with Gasteiger partial charge in [0.2, 0.25) is 0 Å². The summed E-state index contributed by atoms with van der Waals surface area (Å²) in [5.74, 6) is 0.636. The zero-order valence-electron chi connectivity index (χ0n) is 14.7. The van der Waals surface area contributed by atoms with Gasteiger partial charge in [-0.2, -0.15) is 0 Å². The third-order valence-corrected chi connectivity index (χ3v) is 4.90. The third kappa shape index (κ3) is 3.30. The van der Waals surface area contributed by atoms with Crippen molar-refractivity contribution in [2.75, 3.05) is 12.4 Å². The maximum Gasteiger partial charge on any atom is 0.291 e. The SMILES string of the molecule is COc1ccc(CNC2CCC2)c2cc(C(=O)Nc3ccccc3)oc12. The first kappa shape index (κ1) is 16.7. The summed E-state index contributed by atoms with van der Waals surface area (Å²) in [6.45, 7) is 0.754. The summed E-state index contributed by atoms with van der Waals surface area (Å²) >= 11 is 0. The molecule has 1 amide bonds. The van der Waals surface area contributed by atoms with Gasteiger partial charge in [0.25, 0.3) is 5.91 Å². The Morgan fingerprint density at radius 3 is 2.69 bits per heavy atom. The van der Waals surface area contributed by atoms with Gasteiger partial charge >= 0.3 is 0 Å². The Morgan fingerprint density at radius 1 is 1.19 bits per heavy atom. The number of benzene rings is 2. The zero-order chi connectivity index (χ0) is 17.9. The van der Waals surface area contributed by atoms with Gasteiger partial charge in [-0.1, -0.05) is 30.7 Å². The van der Waals surface area contributed by atoms with Crippen LogP contribution in [0, 0.1) is 0 Å². The number of ether oxygens (including phenoxy) is 1. The van der Waals surface area contributed by atoms with Crippen molar-refractivity contribution < 1.29 is 13.9 Å². The minimum atomic E-state index is -0.271. The topological polar surface area (TPSA) is 63.5 Å². The Bertz CT molecular complexity index is 914. The van der Waals surface area contributed by atoms with Gasteiger partial charge in [-0.05, 0) is 42.7 Å². The molecule has 5 nitrogen and oxygen atoms in total. The lowest BCUT2D eigenvalue weighted by atomic mass is 9.93. The predicted molar refractivity (Wildman–Crippen MR) is 102 cm³/mol. The molecule has 5 heteroatoms. The van der Waals surface area contributed by atoms with E-state index in [0.29, 0.717) is 17.4 Å². The molecule has 3 aromatic rings. The average molecular weight is 350 g/mol. The van der Waals surface area contributed by atoms with Crippen molar-refractivity contribution in [3.63, 3.8) is 0 Å². The zero-order valence-corrected chi connectivity index (χ0v) is 14.7. The van der Waals surface area contributed by atoms with Crippen molar-refractivity contribution in [3.05, 3.63) is 59.9 Å². The number of furan rings is 1. The maximum absolute atomic E-state index is 12.6. The number of nitrogens with one attached hydrogen (secondary N) is 2. The molecule has 2 N–H and O–H groups in total. The molecule has 1 saturated carbocycles. The first-order valence-corrected chi connectivity index (χ1v) is 8.94. The Hall–Kier alpha value is -2.79. The van der Waals surface area contributed by atoms with Crippen molar-refractivity contribution >= 4 is 22.6 Å². The van der Waals surface area contributed by atoms with Gasteiger partial charge in [-0.25, -0.2) is 0 Å². The highest BCUT2D eigenvalue weighted by Crippen LogP contribution is 2.32. The number of amides is 1. The van der Waals surface area contributed by atoms with Gasteiger partial charge in [-0.3, -0.25) is 4.79 Å². The van der Waals surface area contributed by atoms with Crippen LogP contribution in [-0.2, 0) is 6.54 Å². The molecule has 1 aliphatic rings. The van der Waals surface area contributed by atoms with Crippen LogP contribution in [0.2, 0.25) is 0 Å². The number of rotatable bonds is 6. The number of hydrogen-bond donors (Lipinski definition) is 2. The molecule has 0 saturated heterocycles. The van der Waals surface area contributed by atoms with Gasteiger partial charge in [0.15, 0.2) is 17.1 Å². The van der Waals surface area contributed by atoms with Gasteiger partial charge in [0, 0.05) is 23.7 Å². The molecule has 2 aromatic carbocycles. The summed E-state index contributed by atoms with van der Waals surface area (Å²) in [6, 6.07) is 15.7. The fourth-order valence-corrected chi connectivity index (χ4v) is 3.16. The Morgan fingerprint density at radius 2 is 2.00 bits per heavy atom. The number of fused-ring (bicyclic) bond motifs is 1. The molecular weight excluding hydrogens is 328 g/mol. The van der Waals surface area contributed by atoms with Crippen molar-refractivity contribution in [1.82, 2.24) is 5.32 Å². The molecule has 1 aromatic heterocycles. The van der Waals surface area contributed by atoms with Crippen LogP contribution in [0.15, 0.2) is 52.9 Å². The Labute approximate surface area is 152 Å². The second-order valence-corrected chi connectivity index (χ2v) is 6.61. The lowest BCUT2D eigenvalue weighted by Gasteiger charge is -2.26. The summed E-state index contributed by atoms with van der Waals surface area (Å²) in [6.07, 6.45) is 3.76. The molecule has 0 aliphatic heterocycles. The predicted octanol–water partition coefficient (Wildman–Crippen LogP) is 4.34. The number of methoxy groups -OCH3 is 1.